The molecule has 0 aromatic heterocycles. The minimum absolute atomic E-state index is 0.0750. The number of halogens is 5. The second-order valence-corrected chi connectivity index (χ2v) is 7.22. The van der Waals surface area contributed by atoms with Gasteiger partial charge in [0, 0.05) is 5.56 Å². The highest BCUT2D eigenvalue weighted by molar-refractivity contribution is 7.89. The summed E-state index contributed by atoms with van der Waals surface area (Å²) < 4.78 is 74.8. The summed E-state index contributed by atoms with van der Waals surface area (Å²) in [6.07, 6.45) is -4.72. The molecule has 2 aromatic rings. The van der Waals surface area contributed by atoms with Gasteiger partial charge in [-0.25, -0.2) is 17.5 Å². The van der Waals surface area contributed by atoms with Gasteiger partial charge >= 0.3 is 6.18 Å². The van der Waals surface area contributed by atoms with Crippen LogP contribution in [0.5, 0.6) is 0 Å². The predicted octanol–water partition coefficient (Wildman–Crippen LogP) is 3.57. The SMILES string of the molecule is O=C(Nc1ccc(F)cc1Cl)c1cccc(S(=O)(=O)NCC(F)(F)F)c1. The topological polar surface area (TPSA) is 75.3 Å². The van der Waals surface area contributed by atoms with E-state index in [-0.39, 0.29) is 16.3 Å². The van der Waals surface area contributed by atoms with E-state index in [1.165, 1.54) is 22.9 Å². The molecular weight excluding hydrogens is 400 g/mol. The lowest BCUT2D eigenvalue weighted by atomic mass is 10.2. The Morgan fingerprint density at radius 1 is 1.12 bits per heavy atom. The van der Waals surface area contributed by atoms with Gasteiger partial charge in [-0.15, -0.1) is 0 Å². The molecule has 2 N–H and O–H groups in total. The first kappa shape index (κ1) is 20.1. The fourth-order valence-electron chi connectivity index (χ4n) is 1.85. The van der Waals surface area contributed by atoms with E-state index in [2.05, 4.69) is 5.32 Å². The summed E-state index contributed by atoms with van der Waals surface area (Å²) in [6.45, 7) is -1.74. The van der Waals surface area contributed by atoms with Gasteiger partial charge in [0.15, 0.2) is 0 Å². The Morgan fingerprint density at radius 2 is 1.81 bits per heavy atom. The quantitative estimate of drug-likeness (QED) is 0.740. The highest BCUT2D eigenvalue weighted by atomic mass is 35.5. The van der Waals surface area contributed by atoms with Gasteiger partial charge in [0.25, 0.3) is 5.91 Å². The van der Waals surface area contributed by atoms with Crippen LogP contribution in [0, 0.1) is 5.82 Å². The van der Waals surface area contributed by atoms with Crippen molar-refractivity contribution in [2.75, 3.05) is 11.9 Å². The van der Waals surface area contributed by atoms with Gasteiger partial charge < -0.3 is 5.32 Å². The molecule has 0 heterocycles. The maximum Gasteiger partial charge on any atom is 0.402 e. The van der Waals surface area contributed by atoms with Gasteiger partial charge in [-0.3, -0.25) is 4.79 Å². The molecule has 0 spiro atoms. The van der Waals surface area contributed by atoms with Gasteiger partial charge in [0.1, 0.15) is 12.4 Å². The molecule has 2 aromatic carbocycles. The predicted molar refractivity (Wildman–Crippen MR) is 87.0 cm³/mol. The third kappa shape index (κ3) is 5.41. The fraction of sp³-hybridized carbons (Fsp3) is 0.133. The number of amides is 1. The normalized spacial score (nSPS) is 12.0. The van der Waals surface area contributed by atoms with Crippen LogP contribution in [0.25, 0.3) is 0 Å². The van der Waals surface area contributed by atoms with Crippen molar-refractivity contribution < 1.29 is 30.8 Å². The Labute approximate surface area is 151 Å². The molecule has 26 heavy (non-hydrogen) atoms. The number of benzene rings is 2. The summed E-state index contributed by atoms with van der Waals surface area (Å²) >= 11 is 5.78. The van der Waals surface area contributed by atoms with Crippen LogP contribution in [-0.4, -0.2) is 27.0 Å². The number of sulfonamides is 1. The number of alkyl halides is 3. The molecule has 1 amide bonds. The molecular formula is C15H11ClF4N2O3S. The maximum atomic E-state index is 13.0. The molecule has 0 unspecified atom stereocenters. The van der Waals surface area contributed by atoms with Crippen molar-refractivity contribution in [3.05, 3.63) is 58.9 Å². The molecule has 0 saturated heterocycles. The number of hydrogen-bond donors (Lipinski definition) is 2. The first-order valence-corrected chi connectivity index (χ1v) is 8.77. The van der Waals surface area contributed by atoms with E-state index >= 15 is 0 Å². The lowest BCUT2D eigenvalue weighted by Gasteiger charge is -2.11. The van der Waals surface area contributed by atoms with Gasteiger partial charge in [-0.2, -0.15) is 13.2 Å². The van der Waals surface area contributed by atoms with Crippen molar-refractivity contribution in [1.29, 1.82) is 0 Å². The summed E-state index contributed by atoms with van der Waals surface area (Å²) in [6, 6.07) is 7.65. The highest BCUT2D eigenvalue weighted by Crippen LogP contribution is 2.23. The lowest BCUT2D eigenvalue weighted by molar-refractivity contribution is -0.121. The zero-order valence-electron chi connectivity index (χ0n) is 12.8. The Hall–Kier alpha value is -2.17. The van der Waals surface area contributed by atoms with E-state index in [9.17, 15) is 30.8 Å². The van der Waals surface area contributed by atoms with Crippen LogP contribution in [0.2, 0.25) is 5.02 Å². The van der Waals surface area contributed by atoms with E-state index in [4.69, 9.17) is 11.6 Å². The van der Waals surface area contributed by atoms with E-state index < -0.39 is 39.4 Å². The number of hydrogen-bond acceptors (Lipinski definition) is 3. The molecule has 0 atom stereocenters. The first-order valence-electron chi connectivity index (χ1n) is 6.91. The van der Waals surface area contributed by atoms with Gasteiger partial charge in [0.05, 0.1) is 15.6 Å². The summed E-state index contributed by atoms with van der Waals surface area (Å²) in [7, 11) is -4.46. The average molecular weight is 411 g/mol. The number of carbonyl (C=O) groups is 1. The molecule has 5 nitrogen and oxygen atoms in total. The Morgan fingerprint density at radius 3 is 2.42 bits per heavy atom. The Kier molecular flexibility index (Phi) is 5.89. The molecule has 2 rings (SSSR count). The molecule has 0 fully saturated rings. The molecule has 0 aliphatic rings. The highest BCUT2D eigenvalue weighted by Gasteiger charge is 2.30. The minimum Gasteiger partial charge on any atom is -0.321 e. The molecule has 0 bridgehead atoms. The van der Waals surface area contributed by atoms with Gasteiger partial charge in [0.2, 0.25) is 10.0 Å². The van der Waals surface area contributed by atoms with Gasteiger partial charge in [-0.05, 0) is 36.4 Å². The van der Waals surface area contributed by atoms with Crippen LogP contribution in [0.15, 0.2) is 47.4 Å². The molecule has 0 saturated carbocycles. The molecule has 0 aliphatic carbocycles. The largest absolute Gasteiger partial charge is 0.402 e. The number of nitrogens with one attached hydrogen (secondary N) is 2. The van der Waals surface area contributed by atoms with Crippen LogP contribution < -0.4 is 10.0 Å². The van der Waals surface area contributed by atoms with Crippen molar-refractivity contribution >= 4 is 33.2 Å². The van der Waals surface area contributed by atoms with E-state index in [0.717, 1.165) is 24.3 Å². The van der Waals surface area contributed by atoms with Crippen LogP contribution in [-0.2, 0) is 10.0 Å². The zero-order valence-corrected chi connectivity index (χ0v) is 14.3. The number of anilines is 1. The Bertz CT molecular complexity index is 933. The smallest absolute Gasteiger partial charge is 0.321 e. The zero-order chi connectivity index (χ0) is 19.5. The summed E-state index contributed by atoms with van der Waals surface area (Å²) in [5.74, 6) is -1.39. The Balaban J connectivity index is 2.21. The van der Waals surface area contributed by atoms with Gasteiger partial charge in [-0.1, -0.05) is 17.7 Å². The molecule has 0 radical (unpaired) electrons. The van der Waals surface area contributed by atoms with Crippen LogP contribution in [0.4, 0.5) is 23.2 Å². The average Bonchev–Trinajstić information content (AvgIpc) is 2.55. The van der Waals surface area contributed by atoms with Crippen molar-refractivity contribution in [3.63, 3.8) is 0 Å². The first-order chi connectivity index (χ1) is 12.0. The third-order valence-corrected chi connectivity index (χ3v) is 4.76. The second-order valence-electron chi connectivity index (χ2n) is 5.05. The van der Waals surface area contributed by atoms with Crippen molar-refractivity contribution in [1.82, 2.24) is 4.72 Å². The van der Waals surface area contributed by atoms with Crippen molar-refractivity contribution in [2.24, 2.45) is 0 Å². The number of carbonyl (C=O) groups excluding carboxylic acids is 1. The lowest BCUT2D eigenvalue weighted by Crippen LogP contribution is -2.33. The number of rotatable bonds is 5. The third-order valence-electron chi connectivity index (χ3n) is 3.05. The monoisotopic (exact) mass is 410 g/mol. The van der Waals surface area contributed by atoms with Crippen molar-refractivity contribution in [3.8, 4) is 0 Å². The molecule has 11 heteroatoms. The standard InChI is InChI=1S/C15H11ClF4N2O3S/c16-12-7-10(17)4-5-13(12)22-14(23)9-2-1-3-11(6-9)26(24,25)21-8-15(18,19)20/h1-7,21H,8H2,(H,22,23). The minimum atomic E-state index is -4.72. The summed E-state index contributed by atoms with van der Waals surface area (Å²) in [5.41, 5.74) is -0.0539. The van der Waals surface area contributed by atoms with E-state index in [1.54, 1.807) is 0 Å². The molecule has 140 valence electrons. The summed E-state index contributed by atoms with van der Waals surface area (Å²) in [5, 5.41) is 2.28. The van der Waals surface area contributed by atoms with E-state index in [1.807, 2.05) is 0 Å². The van der Waals surface area contributed by atoms with Crippen LogP contribution >= 0.6 is 11.6 Å². The molecule has 0 aliphatic heterocycles. The second kappa shape index (κ2) is 7.60. The van der Waals surface area contributed by atoms with Crippen molar-refractivity contribution in [2.45, 2.75) is 11.1 Å². The maximum absolute atomic E-state index is 13.0. The van der Waals surface area contributed by atoms with Crippen LogP contribution in [0.1, 0.15) is 10.4 Å². The fourth-order valence-corrected chi connectivity index (χ4v) is 3.12. The van der Waals surface area contributed by atoms with Crippen LogP contribution in [0.3, 0.4) is 0 Å². The summed E-state index contributed by atoms with van der Waals surface area (Å²) in [4.78, 5) is 11.7. The van der Waals surface area contributed by atoms with E-state index in [0.29, 0.717) is 0 Å².